The van der Waals surface area contributed by atoms with Gasteiger partial charge in [-0.25, -0.2) is 4.79 Å². The number of carbonyl (C=O) groups is 1. The minimum Gasteiger partial charge on any atom is -0.444 e. The fraction of sp³-hybridized carbons (Fsp3) is 0.889. The van der Waals surface area contributed by atoms with Gasteiger partial charge in [0.2, 0.25) is 0 Å². The van der Waals surface area contributed by atoms with Crippen molar-refractivity contribution < 1.29 is 9.53 Å². The van der Waals surface area contributed by atoms with Crippen LogP contribution in [-0.2, 0) is 4.74 Å². The second kappa shape index (κ2) is 6.68. The standard InChI is InChI=1S/C18H31N3O2/c1-17(2,3)23-16(22)21-14-6-7-15(21)12-20(10-8-14)11-9-18(4,5)13-19/h14-15H,6-12H2,1-5H3. The highest BCUT2D eigenvalue weighted by Gasteiger charge is 2.41. The molecular weight excluding hydrogens is 290 g/mol. The zero-order chi connectivity index (χ0) is 17.3. The summed E-state index contributed by atoms with van der Waals surface area (Å²) in [5, 5.41) is 9.17. The zero-order valence-corrected chi connectivity index (χ0v) is 15.3. The molecule has 0 aliphatic carbocycles. The lowest BCUT2D eigenvalue weighted by atomic mass is 9.91. The predicted octanol–water partition coefficient (Wildman–Crippen LogP) is 3.40. The summed E-state index contributed by atoms with van der Waals surface area (Å²) in [6.07, 6.45) is 3.85. The first-order chi connectivity index (χ1) is 10.6. The van der Waals surface area contributed by atoms with Gasteiger partial charge >= 0.3 is 6.09 Å². The summed E-state index contributed by atoms with van der Waals surface area (Å²) in [7, 11) is 0. The maximum absolute atomic E-state index is 12.5. The van der Waals surface area contributed by atoms with E-state index in [1.54, 1.807) is 0 Å². The van der Waals surface area contributed by atoms with Gasteiger partial charge in [-0.2, -0.15) is 5.26 Å². The minimum atomic E-state index is -0.445. The predicted molar refractivity (Wildman–Crippen MR) is 90.0 cm³/mol. The van der Waals surface area contributed by atoms with E-state index in [4.69, 9.17) is 10.00 Å². The van der Waals surface area contributed by atoms with Crippen molar-refractivity contribution in [2.24, 2.45) is 5.41 Å². The Morgan fingerprint density at radius 3 is 2.43 bits per heavy atom. The van der Waals surface area contributed by atoms with Gasteiger partial charge in [0.1, 0.15) is 5.60 Å². The average molecular weight is 321 g/mol. The molecule has 2 saturated heterocycles. The van der Waals surface area contributed by atoms with Crippen LogP contribution in [0.4, 0.5) is 4.79 Å². The number of ether oxygens (including phenoxy) is 1. The van der Waals surface area contributed by atoms with Crippen LogP contribution in [0.2, 0.25) is 0 Å². The van der Waals surface area contributed by atoms with E-state index >= 15 is 0 Å². The average Bonchev–Trinajstić information content (AvgIpc) is 2.71. The number of fused-ring (bicyclic) bond motifs is 2. The van der Waals surface area contributed by atoms with Gasteiger partial charge in [-0.3, -0.25) is 0 Å². The molecule has 2 rings (SSSR count). The molecule has 0 saturated carbocycles. The SMILES string of the molecule is CC(C)(C#N)CCN1CCC2CCC(C1)N2C(=O)OC(C)(C)C. The van der Waals surface area contributed by atoms with Crippen LogP contribution in [0.1, 0.15) is 60.3 Å². The van der Waals surface area contributed by atoms with E-state index < -0.39 is 5.60 Å². The summed E-state index contributed by atoms with van der Waals surface area (Å²) in [6, 6.07) is 2.93. The lowest BCUT2D eigenvalue weighted by Gasteiger charge is -2.31. The monoisotopic (exact) mass is 321 g/mol. The van der Waals surface area contributed by atoms with Crippen molar-refractivity contribution in [3.63, 3.8) is 0 Å². The fourth-order valence-electron chi connectivity index (χ4n) is 3.45. The van der Waals surface area contributed by atoms with Crippen LogP contribution < -0.4 is 0 Å². The Bertz CT molecular complexity index is 476. The Morgan fingerprint density at radius 1 is 1.17 bits per heavy atom. The normalized spacial score (nSPS) is 25.8. The molecule has 130 valence electrons. The second-order valence-electron chi connectivity index (χ2n) is 8.61. The van der Waals surface area contributed by atoms with E-state index in [0.29, 0.717) is 6.04 Å². The Balaban J connectivity index is 1.97. The van der Waals surface area contributed by atoms with E-state index in [-0.39, 0.29) is 17.6 Å². The first-order valence-electron chi connectivity index (χ1n) is 8.76. The number of hydrogen-bond acceptors (Lipinski definition) is 4. The largest absolute Gasteiger partial charge is 0.444 e. The molecule has 5 nitrogen and oxygen atoms in total. The molecule has 2 unspecified atom stereocenters. The van der Waals surface area contributed by atoms with Crippen molar-refractivity contribution in [3.05, 3.63) is 0 Å². The third kappa shape index (κ3) is 4.84. The third-order valence-corrected chi connectivity index (χ3v) is 4.83. The molecule has 2 fully saturated rings. The summed E-state index contributed by atoms with van der Waals surface area (Å²) >= 11 is 0. The van der Waals surface area contributed by atoms with Crippen LogP contribution >= 0.6 is 0 Å². The molecule has 0 radical (unpaired) electrons. The van der Waals surface area contributed by atoms with Crippen molar-refractivity contribution >= 4 is 6.09 Å². The molecule has 0 N–H and O–H groups in total. The van der Waals surface area contributed by atoms with Crippen LogP contribution in [0.3, 0.4) is 0 Å². The third-order valence-electron chi connectivity index (χ3n) is 4.83. The molecule has 1 amide bonds. The first kappa shape index (κ1) is 18.1. The molecular formula is C18H31N3O2. The summed E-state index contributed by atoms with van der Waals surface area (Å²) in [5.41, 5.74) is -0.727. The van der Waals surface area contributed by atoms with Crippen molar-refractivity contribution in [2.45, 2.75) is 78.0 Å². The summed E-state index contributed by atoms with van der Waals surface area (Å²) in [6.45, 7) is 12.6. The first-order valence-corrected chi connectivity index (χ1v) is 8.76. The molecule has 2 atom stereocenters. The van der Waals surface area contributed by atoms with Gasteiger partial charge in [-0.05, 0) is 66.8 Å². The topological polar surface area (TPSA) is 56.6 Å². The van der Waals surface area contributed by atoms with Crippen molar-refractivity contribution in [1.82, 2.24) is 9.80 Å². The highest BCUT2D eigenvalue weighted by atomic mass is 16.6. The molecule has 2 heterocycles. The Labute approximate surface area is 140 Å². The maximum atomic E-state index is 12.5. The van der Waals surface area contributed by atoms with Gasteiger partial charge in [0.15, 0.2) is 0 Å². The summed E-state index contributed by atoms with van der Waals surface area (Å²) < 4.78 is 5.61. The zero-order valence-electron chi connectivity index (χ0n) is 15.3. The number of hydrogen-bond donors (Lipinski definition) is 0. The Hall–Kier alpha value is -1.28. The molecule has 2 aliphatic rings. The lowest BCUT2D eigenvalue weighted by molar-refractivity contribution is 0.0152. The van der Waals surface area contributed by atoms with Crippen LogP contribution in [-0.4, -0.2) is 53.2 Å². The molecule has 23 heavy (non-hydrogen) atoms. The van der Waals surface area contributed by atoms with E-state index in [0.717, 1.165) is 45.3 Å². The van der Waals surface area contributed by atoms with Gasteiger partial charge in [-0.15, -0.1) is 0 Å². The molecule has 5 heteroatoms. The van der Waals surface area contributed by atoms with Gasteiger partial charge in [0.25, 0.3) is 0 Å². The second-order valence-corrected chi connectivity index (χ2v) is 8.61. The molecule has 2 bridgehead atoms. The number of nitriles is 1. The van der Waals surface area contributed by atoms with Gasteiger partial charge in [0, 0.05) is 25.2 Å². The van der Waals surface area contributed by atoms with Crippen LogP contribution in [0.5, 0.6) is 0 Å². The fourth-order valence-corrected chi connectivity index (χ4v) is 3.45. The van der Waals surface area contributed by atoms with Crippen LogP contribution in [0.25, 0.3) is 0 Å². The summed E-state index contributed by atoms with van der Waals surface area (Å²) in [5.74, 6) is 0. The van der Waals surface area contributed by atoms with E-state index in [1.807, 2.05) is 39.5 Å². The maximum Gasteiger partial charge on any atom is 0.410 e. The highest BCUT2D eigenvalue weighted by Crippen LogP contribution is 2.32. The van der Waals surface area contributed by atoms with Gasteiger partial charge < -0.3 is 14.5 Å². The summed E-state index contributed by atoms with van der Waals surface area (Å²) in [4.78, 5) is 16.9. The van der Waals surface area contributed by atoms with Crippen LogP contribution in [0, 0.1) is 16.7 Å². The Morgan fingerprint density at radius 2 is 1.83 bits per heavy atom. The number of carbonyl (C=O) groups excluding carboxylic acids is 1. The Kier molecular flexibility index (Phi) is 5.25. The minimum absolute atomic E-state index is 0.163. The van der Waals surface area contributed by atoms with Crippen molar-refractivity contribution in [2.75, 3.05) is 19.6 Å². The smallest absolute Gasteiger partial charge is 0.410 e. The number of amides is 1. The van der Waals surface area contributed by atoms with E-state index in [9.17, 15) is 4.79 Å². The molecule has 0 aromatic heterocycles. The molecule has 2 aliphatic heterocycles. The molecule has 0 spiro atoms. The van der Waals surface area contributed by atoms with Crippen LogP contribution in [0.15, 0.2) is 0 Å². The van der Waals surface area contributed by atoms with Crippen molar-refractivity contribution in [1.29, 1.82) is 5.26 Å². The van der Waals surface area contributed by atoms with E-state index in [2.05, 4.69) is 11.0 Å². The number of likely N-dealkylation sites (tertiary alicyclic amines) is 1. The van der Waals surface area contributed by atoms with E-state index in [1.165, 1.54) is 0 Å². The van der Waals surface area contributed by atoms with Gasteiger partial charge in [-0.1, -0.05) is 0 Å². The highest BCUT2D eigenvalue weighted by molar-refractivity contribution is 5.69. The van der Waals surface area contributed by atoms with Gasteiger partial charge in [0.05, 0.1) is 11.5 Å². The molecule has 0 aromatic rings. The number of rotatable bonds is 3. The lowest BCUT2D eigenvalue weighted by Crippen LogP contribution is -2.45. The number of nitrogens with zero attached hydrogens (tertiary/aromatic N) is 3. The quantitative estimate of drug-likeness (QED) is 0.799. The van der Waals surface area contributed by atoms with Crippen molar-refractivity contribution in [3.8, 4) is 6.07 Å². The molecule has 0 aromatic carbocycles.